The van der Waals surface area contributed by atoms with Crippen molar-refractivity contribution in [3.8, 4) is 17.1 Å². The predicted octanol–water partition coefficient (Wildman–Crippen LogP) is 3.34. The molecule has 0 spiro atoms. The lowest BCUT2D eigenvalue weighted by atomic mass is 10.1. The molecule has 0 unspecified atom stereocenters. The average Bonchev–Trinajstić information content (AvgIpc) is 2.90. The Balaban J connectivity index is 1.88. The van der Waals surface area contributed by atoms with Crippen LogP contribution >= 0.6 is 0 Å². The molecule has 1 N–H and O–H groups in total. The summed E-state index contributed by atoms with van der Waals surface area (Å²) in [7, 11) is 0. The second-order valence-electron chi connectivity index (χ2n) is 4.63. The van der Waals surface area contributed by atoms with Gasteiger partial charge in [-0.2, -0.15) is 4.98 Å². The third-order valence-electron chi connectivity index (χ3n) is 3.19. The van der Waals surface area contributed by atoms with E-state index >= 15 is 0 Å². The van der Waals surface area contributed by atoms with Crippen LogP contribution < -0.4 is 0 Å². The van der Waals surface area contributed by atoms with Crippen LogP contribution in [-0.4, -0.2) is 15.2 Å². The van der Waals surface area contributed by atoms with Crippen LogP contribution in [0.25, 0.3) is 11.4 Å². The fourth-order valence-electron chi connectivity index (χ4n) is 2.08. The van der Waals surface area contributed by atoms with Gasteiger partial charge in [0.05, 0.1) is 6.42 Å². The van der Waals surface area contributed by atoms with Gasteiger partial charge in [0.2, 0.25) is 11.7 Å². The average molecular weight is 266 g/mol. The molecule has 0 aliphatic heterocycles. The first-order chi connectivity index (χ1) is 9.74. The van der Waals surface area contributed by atoms with Gasteiger partial charge in [-0.25, -0.2) is 0 Å². The topological polar surface area (TPSA) is 59.2 Å². The van der Waals surface area contributed by atoms with Gasteiger partial charge in [-0.3, -0.25) is 0 Å². The summed E-state index contributed by atoms with van der Waals surface area (Å²) in [6.45, 7) is 2.01. The summed E-state index contributed by atoms with van der Waals surface area (Å²) in [6.07, 6.45) is 0.422. The maximum atomic E-state index is 9.75. The Bertz CT molecular complexity index is 735. The molecule has 20 heavy (non-hydrogen) atoms. The molecule has 100 valence electrons. The summed E-state index contributed by atoms with van der Waals surface area (Å²) in [5, 5.41) is 13.8. The predicted molar refractivity (Wildman–Crippen MR) is 75.4 cm³/mol. The second-order valence-corrected chi connectivity index (χ2v) is 4.63. The van der Waals surface area contributed by atoms with Crippen LogP contribution in [-0.2, 0) is 6.42 Å². The molecule has 0 bridgehead atoms. The Morgan fingerprint density at radius 1 is 1.05 bits per heavy atom. The van der Waals surface area contributed by atoms with Gasteiger partial charge in [-0.1, -0.05) is 47.6 Å². The fraction of sp³-hybridized carbons (Fsp3) is 0.125. The summed E-state index contributed by atoms with van der Waals surface area (Å²) in [5.41, 5.74) is 2.83. The van der Waals surface area contributed by atoms with E-state index in [1.54, 1.807) is 12.1 Å². The van der Waals surface area contributed by atoms with Gasteiger partial charge in [-0.05, 0) is 18.6 Å². The van der Waals surface area contributed by atoms with Crippen LogP contribution in [0.3, 0.4) is 0 Å². The third-order valence-corrected chi connectivity index (χ3v) is 3.19. The molecule has 0 aliphatic carbocycles. The van der Waals surface area contributed by atoms with Crippen LogP contribution in [0.5, 0.6) is 5.75 Å². The number of hydrogen-bond donors (Lipinski definition) is 1. The van der Waals surface area contributed by atoms with E-state index in [0.717, 1.165) is 16.7 Å². The zero-order valence-corrected chi connectivity index (χ0v) is 11.1. The number of rotatable bonds is 3. The monoisotopic (exact) mass is 266 g/mol. The standard InChI is InChI=1S/C16H14N2O2/c1-11-6-2-4-8-13(11)16-17-15(20-18-16)10-12-7-3-5-9-14(12)19/h2-9,19H,10H2,1H3. The first-order valence-electron chi connectivity index (χ1n) is 6.39. The summed E-state index contributed by atoms with van der Waals surface area (Å²) in [4.78, 5) is 4.39. The molecule has 3 rings (SSSR count). The van der Waals surface area contributed by atoms with E-state index in [0.29, 0.717) is 18.1 Å². The molecule has 2 aromatic carbocycles. The van der Waals surface area contributed by atoms with Crippen LogP contribution in [0.4, 0.5) is 0 Å². The molecule has 0 aliphatic rings. The molecule has 4 nitrogen and oxygen atoms in total. The van der Waals surface area contributed by atoms with E-state index in [-0.39, 0.29) is 5.75 Å². The van der Waals surface area contributed by atoms with Crippen molar-refractivity contribution in [1.29, 1.82) is 0 Å². The Morgan fingerprint density at radius 3 is 2.60 bits per heavy atom. The van der Waals surface area contributed by atoms with Crippen LogP contribution in [0.15, 0.2) is 53.1 Å². The number of hydrogen-bond acceptors (Lipinski definition) is 4. The Morgan fingerprint density at radius 2 is 1.80 bits per heavy atom. The lowest BCUT2D eigenvalue weighted by Gasteiger charge is -2.00. The number of benzene rings is 2. The van der Waals surface area contributed by atoms with Crippen LogP contribution in [0.2, 0.25) is 0 Å². The van der Waals surface area contributed by atoms with Gasteiger partial charge in [0.1, 0.15) is 5.75 Å². The van der Waals surface area contributed by atoms with Crippen molar-refractivity contribution in [3.05, 3.63) is 65.5 Å². The molecule has 1 aromatic heterocycles. The number of para-hydroxylation sites is 1. The molecule has 0 radical (unpaired) electrons. The van der Waals surface area contributed by atoms with E-state index in [2.05, 4.69) is 10.1 Å². The quantitative estimate of drug-likeness (QED) is 0.789. The Hall–Kier alpha value is -2.62. The van der Waals surface area contributed by atoms with Gasteiger partial charge in [-0.15, -0.1) is 0 Å². The van der Waals surface area contributed by atoms with Crippen molar-refractivity contribution in [3.63, 3.8) is 0 Å². The summed E-state index contributed by atoms with van der Waals surface area (Å²) >= 11 is 0. The van der Waals surface area contributed by atoms with Gasteiger partial charge >= 0.3 is 0 Å². The molecule has 1 heterocycles. The lowest BCUT2D eigenvalue weighted by molar-refractivity contribution is 0.383. The zero-order valence-electron chi connectivity index (χ0n) is 11.1. The Labute approximate surface area is 116 Å². The number of phenols is 1. The van der Waals surface area contributed by atoms with Gasteiger partial charge in [0, 0.05) is 11.1 Å². The van der Waals surface area contributed by atoms with Crippen molar-refractivity contribution in [2.45, 2.75) is 13.3 Å². The molecule has 0 fully saturated rings. The van der Waals surface area contributed by atoms with Crippen molar-refractivity contribution in [2.75, 3.05) is 0 Å². The van der Waals surface area contributed by atoms with E-state index < -0.39 is 0 Å². The highest BCUT2D eigenvalue weighted by Crippen LogP contribution is 2.22. The smallest absolute Gasteiger partial charge is 0.231 e. The highest BCUT2D eigenvalue weighted by molar-refractivity contribution is 5.59. The van der Waals surface area contributed by atoms with Gasteiger partial charge in [0.25, 0.3) is 0 Å². The maximum absolute atomic E-state index is 9.75. The number of aryl methyl sites for hydroxylation is 1. The van der Waals surface area contributed by atoms with E-state index in [4.69, 9.17) is 4.52 Å². The Kier molecular flexibility index (Phi) is 3.21. The second kappa shape index (κ2) is 5.17. The largest absolute Gasteiger partial charge is 0.508 e. The van der Waals surface area contributed by atoms with Crippen molar-refractivity contribution >= 4 is 0 Å². The zero-order chi connectivity index (χ0) is 13.9. The highest BCUT2D eigenvalue weighted by Gasteiger charge is 2.12. The highest BCUT2D eigenvalue weighted by atomic mass is 16.5. The maximum Gasteiger partial charge on any atom is 0.231 e. The first kappa shape index (κ1) is 12.4. The van der Waals surface area contributed by atoms with E-state index in [1.165, 1.54) is 0 Å². The molecule has 3 aromatic rings. The number of nitrogens with zero attached hydrogens (tertiary/aromatic N) is 2. The molecule has 0 saturated carbocycles. The molecule has 0 amide bonds. The summed E-state index contributed by atoms with van der Waals surface area (Å²) in [5.74, 6) is 1.31. The number of phenolic OH excluding ortho intramolecular Hbond substituents is 1. The minimum atomic E-state index is 0.239. The van der Waals surface area contributed by atoms with Crippen LogP contribution in [0.1, 0.15) is 17.0 Å². The van der Waals surface area contributed by atoms with E-state index in [1.807, 2.05) is 43.3 Å². The van der Waals surface area contributed by atoms with Crippen molar-refractivity contribution in [1.82, 2.24) is 10.1 Å². The van der Waals surface area contributed by atoms with Crippen molar-refractivity contribution < 1.29 is 9.63 Å². The molecular formula is C16H14N2O2. The fourth-order valence-corrected chi connectivity index (χ4v) is 2.08. The summed E-state index contributed by atoms with van der Waals surface area (Å²) < 4.78 is 5.26. The number of aromatic hydroxyl groups is 1. The SMILES string of the molecule is Cc1ccccc1-c1noc(Cc2ccccc2O)n1. The lowest BCUT2D eigenvalue weighted by Crippen LogP contribution is -1.89. The van der Waals surface area contributed by atoms with Crippen LogP contribution in [0, 0.1) is 6.92 Å². The van der Waals surface area contributed by atoms with Gasteiger partial charge < -0.3 is 9.63 Å². The number of aromatic nitrogens is 2. The van der Waals surface area contributed by atoms with Gasteiger partial charge in [0.15, 0.2) is 0 Å². The minimum absolute atomic E-state index is 0.239. The molecule has 0 atom stereocenters. The van der Waals surface area contributed by atoms with Crippen molar-refractivity contribution in [2.24, 2.45) is 0 Å². The summed E-state index contributed by atoms with van der Waals surface area (Å²) in [6, 6.07) is 15.0. The van der Waals surface area contributed by atoms with E-state index in [9.17, 15) is 5.11 Å². The minimum Gasteiger partial charge on any atom is -0.508 e. The normalized spacial score (nSPS) is 10.7. The molecular weight excluding hydrogens is 252 g/mol. The first-order valence-corrected chi connectivity index (χ1v) is 6.39. The third kappa shape index (κ3) is 2.40. The molecule has 0 saturated heterocycles. The molecule has 4 heteroatoms.